The average Bonchev–Trinajstić information content (AvgIpc) is 3.19. The molecule has 0 saturated carbocycles. The first kappa shape index (κ1) is 14.7. The maximum Gasteiger partial charge on any atom is 0.134 e. The molecule has 2 aromatic rings. The van der Waals surface area contributed by atoms with E-state index in [9.17, 15) is 0 Å². The Balaban J connectivity index is 1.40. The normalized spacial score (nSPS) is 19.4. The molecular weight excluding hydrogens is 288 g/mol. The van der Waals surface area contributed by atoms with Crippen molar-refractivity contribution in [1.29, 1.82) is 0 Å². The van der Waals surface area contributed by atoms with Crippen LogP contribution in [0, 0.1) is 0 Å². The van der Waals surface area contributed by atoms with E-state index < -0.39 is 0 Å². The zero-order valence-electron chi connectivity index (χ0n) is 13.7. The van der Waals surface area contributed by atoms with Crippen LogP contribution in [0.15, 0.2) is 18.2 Å². The number of nitrogens with one attached hydrogen (secondary N) is 1. The Morgan fingerprint density at radius 3 is 3.13 bits per heavy atom. The van der Waals surface area contributed by atoms with E-state index in [1.807, 2.05) is 0 Å². The van der Waals surface area contributed by atoms with E-state index in [0.29, 0.717) is 6.04 Å². The van der Waals surface area contributed by atoms with Crippen molar-refractivity contribution in [3.8, 4) is 5.75 Å². The molecule has 5 nitrogen and oxygen atoms in total. The van der Waals surface area contributed by atoms with Gasteiger partial charge in [0.15, 0.2) is 0 Å². The maximum atomic E-state index is 5.35. The van der Waals surface area contributed by atoms with Crippen LogP contribution in [0.3, 0.4) is 0 Å². The fraction of sp³-hybridized carbons (Fsp3) is 0.556. The van der Waals surface area contributed by atoms with Crippen molar-refractivity contribution in [1.82, 2.24) is 20.1 Å². The first-order valence-electron chi connectivity index (χ1n) is 8.66. The predicted octanol–water partition coefficient (Wildman–Crippen LogP) is 2.44. The highest BCUT2D eigenvalue weighted by atomic mass is 16.5. The van der Waals surface area contributed by atoms with E-state index in [-0.39, 0.29) is 0 Å². The first-order chi connectivity index (χ1) is 11.3. The van der Waals surface area contributed by atoms with Gasteiger partial charge in [0, 0.05) is 32.0 Å². The molecule has 0 unspecified atom stereocenters. The van der Waals surface area contributed by atoms with Crippen molar-refractivity contribution in [3.05, 3.63) is 41.0 Å². The molecule has 0 radical (unpaired) electrons. The predicted molar refractivity (Wildman–Crippen MR) is 88.7 cm³/mol. The van der Waals surface area contributed by atoms with Gasteiger partial charge in [0.25, 0.3) is 0 Å². The van der Waals surface area contributed by atoms with Crippen LogP contribution in [0.4, 0.5) is 0 Å². The molecule has 0 amide bonds. The van der Waals surface area contributed by atoms with E-state index in [2.05, 4.69) is 38.3 Å². The monoisotopic (exact) mass is 312 g/mol. The Hall–Kier alpha value is -1.88. The zero-order valence-corrected chi connectivity index (χ0v) is 13.7. The third-order valence-corrected chi connectivity index (χ3v) is 5.09. The fourth-order valence-corrected chi connectivity index (χ4v) is 3.88. The van der Waals surface area contributed by atoms with Crippen molar-refractivity contribution in [2.45, 2.75) is 51.1 Å². The van der Waals surface area contributed by atoms with Crippen LogP contribution >= 0.6 is 0 Å². The molecule has 4 rings (SSSR count). The number of aryl methyl sites for hydroxylation is 2. The van der Waals surface area contributed by atoms with Crippen LogP contribution in [0.1, 0.15) is 48.1 Å². The second kappa shape index (κ2) is 6.32. The highest BCUT2D eigenvalue weighted by Crippen LogP contribution is 2.32. The molecule has 1 atom stereocenters. The number of nitrogens with zero attached hydrogens (tertiary/aromatic N) is 3. The summed E-state index contributed by atoms with van der Waals surface area (Å²) in [7, 11) is 1.73. The highest BCUT2D eigenvalue weighted by molar-refractivity contribution is 5.39. The summed E-state index contributed by atoms with van der Waals surface area (Å²) in [5.41, 5.74) is 2.86. The van der Waals surface area contributed by atoms with Gasteiger partial charge in [-0.1, -0.05) is 6.07 Å². The van der Waals surface area contributed by atoms with Gasteiger partial charge in [-0.25, -0.2) is 0 Å². The summed E-state index contributed by atoms with van der Waals surface area (Å²) in [6.07, 6.45) is 6.84. The van der Waals surface area contributed by atoms with Gasteiger partial charge < -0.3 is 14.6 Å². The second-order valence-electron chi connectivity index (χ2n) is 6.50. The molecule has 1 aromatic heterocycles. The Morgan fingerprint density at radius 1 is 1.26 bits per heavy atom. The number of rotatable bonds is 5. The van der Waals surface area contributed by atoms with Crippen molar-refractivity contribution < 1.29 is 4.74 Å². The van der Waals surface area contributed by atoms with Gasteiger partial charge in [0.2, 0.25) is 0 Å². The molecule has 23 heavy (non-hydrogen) atoms. The molecule has 5 heteroatoms. The number of aromatic nitrogens is 3. The summed E-state index contributed by atoms with van der Waals surface area (Å²) < 4.78 is 7.64. The molecule has 122 valence electrons. The third-order valence-electron chi connectivity index (χ3n) is 5.09. The van der Waals surface area contributed by atoms with Gasteiger partial charge in [-0.2, -0.15) is 0 Å². The minimum absolute atomic E-state index is 0.450. The van der Waals surface area contributed by atoms with E-state index in [1.165, 1.54) is 30.4 Å². The molecule has 1 aliphatic heterocycles. The Labute approximate surface area is 137 Å². The van der Waals surface area contributed by atoms with Gasteiger partial charge >= 0.3 is 0 Å². The van der Waals surface area contributed by atoms with Crippen molar-refractivity contribution in [3.63, 3.8) is 0 Å². The lowest BCUT2D eigenvalue weighted by Gasteiger charge is -2.27. The Kier molecular flexibility index (Phi) is 4.04. The van der Waals surface area contributed by atoms with Gasteiger partial charge in [-0.05, 0) is 48.9 Å². The molecule has 1 aliphatic carbocycles. The summed E-state index contributed by atoms with van der Waals surface area (Å²) in [5.74, 6) is 3.26. The maximum absolute atomic E-state index is 5.35. The number of fused-ring (bicyclic) bond motifs is 2. The summed E-state index contributed by atoms with van der Waals surface area (Å²) in [5, 5.41) is 12.4. The number of ether oxygens (including phenoxy) is 1. The lowest BCUT2D eigenvalue weighted by Crippen LogP contribution is -2.27. The number of hydrogen-bond donors (Lipinski definition) is 1. The molecule has 1 aromatic carbocycles. The number of methoxy groups -OCH3 is 1. The third kappa shape index (κ3) is 2.85. The van der Waals surface area contributed by atoms with Crippen LogP contribution in [0.25, 0.3) is 0 Å². The standard InChI is InChI=1S/C18H24N4O/c1-23-14-7-8-15-13(12-14)4-2-5-16(15)19-10-9-18-21-20-17-6-3-11-22(17)18/h7-8,12,16,19H,2-6,9-11H2,1H3/t16-/m0/s1. The summed E-state index contributed by atoms with van der Waals surface area (Å²) >= 11 is 0. The topological polar surface area (TPSA) is 52.0 Å². The van der Waals surface area contributed by atoms with E-state index in [4.69, 9.17) is 4.74 Å². The van der Waals surface area contributed by atoms with E-state index in [0.717, 1.165) is 49.8 Å². The summed E-state index contributed by atoms with van der Waals surface area (Å²) in [4.78, 5) is 0. The summed E-state index contributed by atoms with van der Waals surface area (Å²) in [6, 6.07) is 6.93. The van der Waals surface area contributed by atoms with Crippen molar-refractivity contribution in [2.75, 3.05) is 13.7 Å². The Bertz CT molecular complexity index is 694. The molecule has 1 N–H and O–H groups in total. The number of benzene rings is 1. The fourth-order valence-electron chi connectivity index (χ4n) is 3.88. The average molecular weight is 312 g/mol. The van der Waals surface area contributed by atoms with Crippen LogP contribution in [0.2, 0.25) is 0 Å². The molecular formula is C18H24N4O. The molecule has 2 heterocycles. The lowest BCUT2D eigenvalue weighted by molar-refractivity contribution is 0.410. The minimum atomic E-state index is 0.450. The minimum Gasteiger partial charge on any atom is -0.497 e. The van der Waals surface area contributed by atoms with Gasteiger partial charge in [-0.15, -0.1) is 10.2 Å². The molecule has 0 bridgehead atoms. The van der Waals surface area contributed by atoms with Crippen molar-refractivity contribution in [2.24, 2.45) is 0 Å². The second-order valence-corrected chi connectivity index (χ2v) is 6.50. The SMILES string of the molecule is COc1ccc2c(c1)CCC[C@@H]2NCCc1nnc2n1CCC2. The van der Waals surface area contributed by atoms with Crippen molar-refractivity contribution >= 4 is 0 Å². The van der Waals surface area contributed by atoms with Gasteiger partial charge in [-0.3, -0.25) is 0 Å². The quantitative estimate of drug-likeness (QED) is 0.921. The van der Waals surface area contributed by atoms with Crippen LogP contribution in [0.5, 0.6) is 5.75 Å². The largest absolute Gasteiger partial charge is 0.497 e. The van der Waals surface area contributed by atoms with E-state index >= 15 is 0 Å². The van der Waals surface area contributed by atoms with Gasteiger partial charge in [0.05, 0.1) is 7.11 Å². The molecule has 0 fully saturated rings. The molecule has 0 saturated heterocycles. The van der Waals surface area contributed by atoms with E-state index in [1.54, 1.807) is 7.11 Å². The smallest absolute Gasteiger partial charge is 0.134 e. The van der Waals surface area contributed by atoms with Gasteiger partial charge in [0.1, 0.15) is 17.4 Å². The zero-order chi connectivity index (χ0) is 15.6. The highest BCUT2D eigenvalue weighted by Gasteiger charge is 2.21. The molecule has 2 aliphatic rings. The van der Waals surface area contributed by atoms with Crippen LogP contribution in [-0.2, 0) is 25.8 Å². The summed E-state index contributed by atoms with van der Waals surface area (Å²) in [6.45, 7) is 2.04. The Morgan fingerprint density at radius 2 is 2.22 bits per heavy atom. The lowest BCUT2D eigenvalue weighted by atomic mass is 9.87. The van der Waals surface area contributed by atoms with Crippen LogP contribution in [-0.4, -0.2) is 28.4 Å². The van der Waals surface area contributed by atoms with Crippen LogP contribution < -0.4 is 10.1 Å². The molecule has 0 spiro atoms. The number of hydrogen-bond acceptors (Lipinski definition) is 4. The first-order valence-corrected chi connectivity index (χ1v) is 8.66.